The lowest BCUT2D eigenvalue weighted by atomic mass is 9.93. The molecule has 2 saturated heterocycles. The molecular formula is C43H55N7O8. The van der Waals surface area contributed by atoms with E-state index in [0.717, 1.165) is 50.5 Å². The zero-order chi connectivity index (χ0) is 40.3. The van der Waals surface area contributed by atoms with Gasteiger partial charge in [-0.05, 0) is 88.3 Å². The number of para-hydroxylation sites is 1. The van der Waals surface area contributed by atoms with Gasteiger partial charge in [0.15, 0.2) is 12.3 Å². The van der Waals surface area contributed by atoms with Crippen LogP contribution in [0.5, 0.6) is 5.88 Å². The number of hydrogen-bond acceptors (Lipinski definition) is 9. The van der Waals surface area contributed by atoms with Gasteiger partial charge in [0, 0.05) is 51.4 Å². The Kier molecular flexibility index (Phi) is 13.9. The molecule has 1 aromatic heterocycles. The van der Waals surface area contributed by atoms with E-state index in [-0.39, 0.29) is 54.1 Å². The molecule has 15 nitrogen and oxygen atoms in total. The van der Waals surface area contributed by atoms with Crippen LogP contribution in [-0.2, 0) is 30.5 Å². The number of carbonyl (C=O) groups excluding carboxylic acids is 5. The van der Waals surface area contributed by atoms with Gasteiger partial charge in [0.05, 0.1) is 12.3 Å². The summed E-state index contributed by atoms with van der Waals surface area (Å²) in [5.74, 6) is -1.09. The Morgan fingerprint density at radius 3 is 2.19 bits per heavy atom. The van der Waals surface area contributed by atoms with Crippen LogP contribution >= 0.6 is 0 Å². The Hall–Kier alpha value is -5.44. The Bertz CT molecular complexity index is 1860. The Labute approximate surface area is 339 Å². The maximum atomic E-state index is 14.1. The zero-order valence-corrected chi connectivity index (χ0v) is 33.1. The molecule has 3 aromatic rings. The topological polar surface area (TPSA) is 165 Å². The molecule has 0 bridgehead atoms. The van der Waals surface area contributed by atoms with E-state index < -0.39 is 18.0 Å². The number of hydrogen-bond donors (Lipinski definition) is 2. The van der Waals surface area contributed by atoms with Gasteiger partial charge in [-0.15, -0.1) is 0 Å². The van der Waals surface area contributed by atoms with Crippen LogP contribution in [0.15, 0.2) is 66.7 Å². The monoisotopic (exact) mass is 797 g/mol. The molecule has 58 heavy (non-hydrogen) atoms. The number of aromatic nitrogens is 2. The van der Waals surface area contributed by atoms with Crippen LogP contribution in [0.1, 0.15) is 86.7 Å². The summed E-state index contributed by atoms with van der Waals surface area (Å²) in [6.45, 7) is 2.42. The Morgan fingerprint density at radius 1 is 0.793 bits per heavy atom. The summed E-state index contributed by atoms with van der Waals surface area (Å²) >= 11 is 0. The molecule has 5 amide bonds. The normalized spacial score (nSPS) is 18.8. The second-order valence-corrected chi connectivity index (χ2v) is 15.6. The van der Waals surface area contributed by atoms with Crippen LogP contribution in [-0.4, -0.2) is 124 Å². The molecule has 310 valence electrons. The van der Waals surface area contributed by atoms with Crippen molar-refractivity contribution >= 4 is 29.7 Å². The SMILES string of the molecule is O=C(NC(CCCCOCc1ccccc1)C(=O)N1CCN(C(=O)OC2CCC2)CC1)c1cc(OCC(=O)N2CCCC2C(=O)NC2CCC2)n(-c2ccccc2)n1. The van der Waals surface area contributed by atoms with Gasteiger partial charge in [0.25, 0.3) is 11.8 Å². The number of nitrogens with one attached hydrogen (secondary N) is 2. The lowest BCUT2D eigenvalue weighted by molar-refractivity contribution is -0.140. The lowest BCUT2D eigenvalue weighted by Gasteiger charge is -2.37. The third kappa shape index (κ3) is 10.5. The number of carbonyl (C=O) groups is 5. The number of benzene rings is 2. The number of piperazine rings is 1. The molecule has 15 heteroatoms. The van der Waals surface area contributed by atoms with Gasteiger partial charge in [-0.3, -0.25) is 19.2 Å². The average molecular weight is 798 g/mol. The van der Waals surface area contributed by atoms with Crippen molar-refractivity contribution in [2.24, 2.45) is 0 Å². The van der Waals surface area contributed by atoms with E-state index in [0.29, 0.717) is 77.3 Å². The fraction of sp³-hybridized carbons (Fsp3) is 0.535. The van der Waals surface area contributed by atoms with Crippen molar-refractivity contribution < 1.29 is 38.2 Å². The summed E-state index contributed by atoms with van der Waals surface area (Å²) in [5, 5.41) is 10.6. The maximum Gasteiger partial charge on any atom is 0.410 e. The second kappa shape index (κ2) is 19.8. The van der Waals surface area contributed by atoms with Gasteiger partial charge in [-0.2, -0.15) is 5.10 Å². The van der Waals surface area contributed by atoms with Gasteiger partial charge >= 0.3 is 6.09 Å². The fourth-order valence-electron chi connectivity index (χ4n) is 7.58. The van der Waals surface area contributed by atoms with E-state index in [9.17, 15) is 24.0 Å². The minimum absolute atomic E-state index is 0.0118. The van der Waals surface area contributed by atoms with Crippen molar-refractivity contribution in [2.75, 3.05) is 45.9 Å². The lowest BCUT2D eigenvalue weighted by Crippen LogP contribution is -2.56. The van der Waals surface area contributed by atoms with Gasteiger partial charge in [0.2, 0.25) is 17.7 Å². The predicted octanol–water partition coefficient (Wildman–Crippen LogP) is 4.23. The highest BCUT2D eigenvalue weighted by Crippen LogP contribution is 2.25. The van der Waals surface area contributed by atoms with Crippen LogP contribution in [0.3, 0.4) is 0 Å². The van der Waals surface area contributed by atoms with E-state index in [1.54, 1.807) is 26.8 Å². The highest BCUT2D eigenvalue weighted by molar-refractivity contribution is 5.96. The van der Waals surface area contributed by atoms with Crippen LogP contribution in [0.25, 0.3) is 5.69 Å². The fourth-order valence-corrected chi connectivity index (χ4v) is 7.58. The van der Waals surface area contributed by atoms with Crippen molar-refractivity contribution in [2.45, 2.75) is 101 Å². The van der Waals surface area contributed by atoms with Crippen LogP contribution < -0.4 is 15.4 Å². The molecule has 2 aromatic carbocycles. The van der Waals surface area contributed by atoms with Crippen molar-refractivity contribution in [1.82, 2.24) is 35.1 Å². The number of likely N-dealkylation sites (tertiary alicyclic amines) is 1. The van der Waals surface area contributed by atoms with Crippen molar-refractivity contribution in [3.05, 3.63) is 78.0 Å². The summed E-state index contributed by atoms with van der Waals surface area (Å²) in [4.78, 5) is 72.0. The van der Waals surface area contributed by atoms with Crippen LogP contribution in [0.4, 0.5) is 4.79 Å². The number of ether oxygens (including phenoxy) is 3. The van der Waals surface area contributed by atoms with Gasteiger partial charge < -0.3 is 39.5 Å². The van der Waals surface area contributed by atoms with E-state index in [1.807, 2.05) is 48.5 Å². The first-order valence-electron chi connectivity index (χ1n) is 20.9. The summed E-state index contributed by atoms with van der Waals surface area (Å²) in [6, 6.07) is 19.3. The first kappa shape index (κ1) is 40.7. The zero-order valence-electron chi connectivity index (χ0n) is 33.1. The summed E-state index contributed by atoms with van der Waals surface area (Å²) < 4.78 is 18.9. The standard InChI is InChI=1S/C43H55N7O8/c51-38(49-22-11-21-37(49)41(53)44-32-14-9-15-32)30-57-39-28-36(46-50(39)33-16-5-2-6-17-33)40(52)45-35(20-7-8-27-56-29-31-12-3-1-4-13-31)42(54)47-23-25-48(26-24-47)43(55)58-34-18-10-19-34/h1-6,12-13,16-17,28,32,34-35,37H,7-11,14-15,18-27,29-30H2,(H,44,53)(H,45,52). The molecule has 2 aliphatic heterocycles. The van der Waals surface area contributed by atoms with Gasteiger partial charge in [-0.1, -0.05) is 48.5 Å². The largest absolute Gasteiger partial charge is 0.467 e. The minimum atomic E-state index is -0.860. The molecule has 2 atom stereocenters. The molecule has 3 heterocycles. The Morgan fingerprint density at radius 2 is 1.50 bits per heavy atom. The predicted molar refractivity (Wildman–Crippen MR) is 213 cm³/mol. The number of rotatable bonds is 17. The Balaban J connectivity index is 0.999. The molecular weight excluding hydrogens is 743 g/mol. The molecule has 2 unspecified atom stereocenters. The minimum Gasteiger partial charge on any atom is -0.467 e. The molecule has 0 radical (unpaired) electrons. The molecule has 2 N–H and O–H groups in total. The van der Waals surface area contributed by atoms with Crippen LogP contribution in [0, 0.1) is 0 Å². The molecule has 7 rings (SSSR count). The van der Waals surface area contributed by atoms with Gasteiger partial charge in [0.1, 0.15) is 18.2 Å². The van der Waals surface area contributed by atoms with Gasteiger partial charge in [-0.25, -0.2) is 9.48 Å². The number of nitrogens with zero attached hydrogens (tertiary/aromatic N) is 5. The summed E-state index contributed by atoms with van der Waals surface area (Å²) in [6.07, 6.45) is 8.48. The van der Waals surface area contributed by atoms with E-state index in [4.69, 9.17) is 14.2 Å². The highest BCUT2D eigenvalue weighted by atomic mass is 16.6. The third-order valence-corrected chi connectivity index (χ3v) is 11.5. The molecule has 4 aliphatic rings. The van der Waals surface area contributed by atoms with E-state index in [1.165, 1.54) is 10.7 Å². The molecule has 2 saturated carbocycles. The number of amides is 5. The van der Waals surface area contributed by atoms with Crippen molar-refractivity contribution in [3.63, 3.8) is 0 Å². The smallest absolute Gasteiger partial charge is 0.410 e. The molecule has 0 spiro atoms. The van der Waals surface area contributed by atoms with Crippen LogP contribution in [0.2, 0.25) is 0 Å². The second-order valence-electron chi connectivity index (χ2n) is 15.6. The first-order chi connectivity index (χ1) is 28.3. The van der Waals surface area contributed by atoms with Crippen molar-refractivity contribution in [3.8, 4) is 11.6 Å². The van der Waals surface area contributed by atoms with Crippen molar-refractivity contribution in [1.29, 1.82) is 0 Å². The summed E-state index contributed by atoms with van der Waals surface area (Å²) in [7, 11) is 0. The number of unbranched alkanes of at least 4 members (excludes halogenated alkanes) is 1. The van der Waals surface area contributed by atoms with E-state index >= 15 is 0 Å². The summed E-state index contributed by atoms with van der Waals surface area (Å²) in [5.41, 5.74) is 1.70. The average Bonchev–Trinajstić information content (AvgIpc) is 3.90. The third-order valence-electron chi connectivity index (χ3n) is 11.5. The maximum absolute atomic E-state index is 14.1. The first-order valence-corrected chi connectivity index (χ1v) is 20.9. The highest BCUT2D eigenvalue weighted by Gasteiger charge is 2.36. The quantitative estimate of drug-likeness (QED) is 0.190. The molecule has 2 aliphatic carbocycles. The molecule has 4 fully saturated rings. The van der Waals surface area contributed by atoms with E-state index in [2.05, 4.69) is 15.7 Å².